The van der Waals surface area contributed by atoms with E-state index < -0.39 is 10.0 Å². The highest BCUT2D eigenvalue weighted by Gasteiger charge is 2.30. The van der Waals surface area contributed by atoms with Crippen molar-refractivity contribution in [1.82, 2.24) is 14.6 Å². The Morgan fingerprint density at radius 3 is 2.92 bits per heavy atom. The Kier molecular flexibility index (Phi) is 5.73. The Balaban J connectivity index is 1.58. The van der Waals surface area contributed by atoms with Crippen molar-refractivity contribution in [3.05, 3.63) is 17.5 Å². The maximum absolute atomic E-state index is 12.7. The highest BCUT2D eigenvalue weighted by Crippen LogP contribution is 2.20. The highest BCUT2D eigenvalue weighted by molar-refractivity contribution is 7.91. The third-order valence-electron chi connectivity index (χ3n) is 4.58. The summed E-state index contributed by atoms with van der Waals surface area (Å²) in [5.74, 6) is -0.192. The number of carbonyl (C=O) groups excluding carboxylic acids is 2. The molecule has 1 fully saturated rings. The molecule has 1 atom stereocenters. The zero-order valence-electron chi connectivity index (χ0n) is 14.6. The molecule has 142 valence electrons. The molecule has 1 unspecified atom stereocenters. The van der Waals surface area contributed by atoms with E-state index in [0.717, 1.165) is 12.8 Å². The summed E-state index contributed by atoms with van der Waals surface area (Å²) in [6.07, 6.45) is 2.33. The van der Waals surface area contributed by atoms with Crippen LogP contribution in [-0.4, -0.2) is 62.5 Å². The number of hydrogen-bond donors (Lipinski definition) is 1. The van der Waals surface area contributed by atoms with Gasteiger partial charge in [0.15, 0.2) is 0 Å². The number of carbonyl (C=O) groups is 2. The van der Waals surface area contributed by atoms with Crippen LogP contribution in [0.15, 0.2) is 26.8 Å². The monoisotopic (exact) mass is 398 g/mol. The van der Waals surface area contributed by atoms with E-state index in [1.54, 1.807) is 29.5 Å². The zero-order valence-corrected chi connectivity index (χ0v) is 16.2. The van der Waals surface area contributed by atoms with Crippen LogP contribution in [0.1, 0.15) is 25.7 Å². The predicted octanol–water partition coefficient (Wildman–Crippen LogP) is 0.873. The Morgan fingerprint density at radius 2 is 2.23 bits per heavy atom. The number of hydrazone groups is 1. The summed E-state index contributed by atoms with van der Waals surface area (Å²) in [5, 5.41) is 7.02. The van der Waals surface area contributed by atoms with Gasteiger partial charge in [-0.25, -0.2) is 18.1 Å². The third kappa shape index (κ3) is 4.30. The molecule has 1 aromatic rings. The van der Waals surface area contributed by atoms with Gasteiger partial charge in [0.25, 0.3) is 5.91 Å². The van der Waals surface area contributed by atoms with E-state index in [4.69, 9.17) is 0 Å². The molecule has 1 N–H and O–H groups in total. The first-order valence-electron chi connectivity index (χ1n) is 8.53. The van der Waals surface area contributed by atoms with Crippen LogP contribution in [0, 0.1) is 5.92 Å². The van der Waals surface area contributed by atoms with Gasteiger partial charge in [0.2, 0.25) is 15.9 Å². The summed E-state index contributed by atoms with van der Waals surface area (Å²) in [5.41, 5.74) is 0.395. The molecule has 2 amide bonds. The van der Waals surface area contributed by atoms with E-state index in [9.17, 15) is 18.0 Å². The van der Waals surface area contributed by atoms with E-state index in [2.05, 4.69) is 9.82 Å². The molecule has 0 radical (unpaired) electrons. The molecule has 0 aliphatic carbocycles. The largest absolute Gasteiger partial charge is 0.337 e. The van der Waals surface area contributed by atoms with Gasteiger partial charge in [0.05, 0.1) is 0 Å². The number of rotatable bonds is 5. The van der Waals surface area contributed by atoms with Crippen molar-refractivity contribution < 1.29 is 18.0 Å². The molecule has 10 heteroatoms. The Morgan fingerprint density at radius 1 is 1.42 bits per heavy atom. The van der Waals surface area contributed by atoms with Gasteiger partial charge in [-0.2, -0.15) is 5.10 Å². The number of likely N-dealkylation sites (tertiary alicyclic amines) is 1. The maximum Gasteiger partial charge on any atom is 0.270 e. The average Bonchev–Trinajstić information content (AvgIpc) is 3.18. The van der Waals surface area contributed by atoms with Crippen LogP contribution in [0.4, 0.5) is 0 Å². The third-order valence-corrected chi connectivity index (χ3v) is 7.40. The van der Waals surface area contributed by atoms with Gasteiger partial charge in [-0.05, 0) is 30.2 Å². The van der Waals surface area contributed by atoms with Crippen LogP contribution < -0.4 is 4.72 Å². The van der Waals surface area contributed by atoms with Crippen LogP contribution in [0.3, 0.4) is 0 Å². The summed E-state index contributed by atoms with van der Waals surface area (Å²) in [6, 6.07) is 3.27. The molecular weight excluding hydrogens is 376 g/mol. The number of nitrogens with zero attached hydrogens (tertiary/aromatic N) is 3. The van der Waals surface area contributed by atoms with E-state index in [0.29, 0.717) is 42.4 Å². The lowest BCUT2D eigenvalue weighted by molar-refractivity contribution is -0.131. The minimum absolute atomic E-state index is 0.0611. The van der Waals surface area contributed by atoms with Crippen molar-refractivity contribution >= 4 is 38.9 Å². The highest BCUT2D eigenvalue weighted by atomic mass is 32.2. The quantitative estimate of drug-likeness (QED) is 0.796. The average molecular weight is 399 g/mol. The van der Waals surface area contributed by atoms with E-state index in [-0.39, 0.29) is 17.7 Å². The molecule has 1 saturated heterocycles. The molecule has 8 nitrogen and oxygen atoms in total. The summed E-state index contributed by atoms with van der Waals surface area (Å²) in [6.45, 7) is 1.42. The molecule has 2 aliphatic rings. The van der Waals surface area contributed by atoms with Gasteiger partial charge in [-0.1, -0.05) is 6.07 Å². The molecule has 0 bridgehead atoms. The van der Waals surface area contributed by atoms with Crippen LogP contribution >= 0.6 is 11.3 Å². The minimum Gasteiger partial charge on any atom is -0.337 e. The maximum atomic E-state index is 12.7. The number of nitrogens with one attached hydrogen (secondary N) is 1. The fourth-order valence-corrected chi connectivity index (χ4v) is 5.29. The van der Waals surface area contributed by atoms with Crippen LogP contribution in [0.25, 0.3) is 0 Å². The number of hydrogen-bond acceptors (Lipinski definition) is 6. The molecule has 26 heavy (non-hydrogen) atoms. The molecular formula is C16H22N4O4S2. The summed E-state index contributed by atoms with van der Waals surface area (Å²) < 4.78 is 27.4. The molecule has 0 saturated carbocycles. The predicted molar refractivity (Wildman–Crippen MR) is 98.3 cm³/mol. The first-order chi connectivity index (χ1) is 12.4. The fraction of sp³-hybridized carbons (Fsp3) is 0.562. The van der Waals surface area contributed by atoms with Crippen molar-refractivity contribution in [2.24, 2.45) is 11.0 Å². The second-order valence-electron chi connectivity index (χ2n) is 6.51. The Hall–Kier alpha value is -1.78. The standard InChI is InChI=1S/C16H22N4O4S2/c1-19-14(21)7-6-13(18-19)16(22)20-8-2-4-12(11-20)10-17-26(23,24)15-5-3-9-25-15/h3,5,9,12,17H,2,4,6-8,10-11H2,1H3. The lowest BCUT2D eigenvalue weighted by Crippen LogP contribution is -2.47. The number of piperidine rings is 1. The minimum atomic E-state index is -3.49. The molecule has 1 aromatic heterocycles. The van der Waals surface area contributed by atoms with Crippen LogP contribution in [0.2, 0.25) is 0 Å². The van der Waals surface area contributed by atoms with Gasteiger partial charge in [0.1, 0.15) is 9.92 Å². The number of sulfonamides is 1. The van der Waals surface area contributed by atoms with Crippen molar-refractivity contribution in [3.63, 3.8) is 0 Å². The molecule has 0 spiro atoms. The van der Waals surface area contributed by atoms with Crippen molar-refractivity contribution in [2.45, 2.75) is 29.9 Å². The van der Waals surface area contributed by atoms with Crippen molar-refractivity contribution in [3.8, 4) is 0 Å². The molecule has 3 heterocycles. The van der Waals surface area contributed by atoms with Crippen molar-refractivity contribution in [1.29, 1.82) is 0 Å². The lowest BCUT2D eigenvalue weighted by atomic mass is 9.97. The SMILES string of the molecule is CN1N=C(C(=O)N2CCCC(CNS(=O)(=O)c3cccs3)C2)CCC1=O. The molecule has 0 aromatic carbocycles. The van der Waals surface area contributed by atoms with Crippen LogP contribution in [-0.2, 0) is 19.6 Å². The van der Waals surface area contributed by atoms with E-state index in [1.807, 2.05) is 0 Å². The smallest absolute Gasteiger partial charge is 0.270 e. The van der Waals surface area contributed by atoms with Gasteiger partial charge < -0.3 is 4.90 Å². The van der Waals surface area contributed by atoms with Crippen molar-refractivity contribution in [2.75, 3.05) is 26.7 Å². The van der Waals surface area contributed by atoms with Crippen LogP contribution in [0.5, 0.6) is 0 Å². The molecule has 2 aliphatic heterocycles. The number of thiophene rings is 1. The second-order valence-corrected chi connectivity index (χ2v) is 9.45. The first kappa shape index (κ1) is 19.0. The van der Waals surface area contributed by atoms with Gasteiger partial charge in [-0.15, -0.1) is 11.3 Å². The van der Waals surface area contributed by atoms with Gasteiger partial charge in [-0.3, -0.25) is 9.59 Å². The summed E-state index contributed by atoms with van der Waals surface area (Å²) in [7, 11) is -1.94. The summed E-state index contributed by atoms with van der Waals surface area (Å²) >= 11 is 1.18. The first-order valence-corrected chi connectivity index (χ1v) is 10.9. The van der Waals surface area contributed by atoms with Gasteiger partial charge >= 0.3 is 0 Å². The lowest BCUT2D eigenvalue weighted by Gasteiger charge is -2.33. The fourth-order valence-electron chi connectivity index (χ4n) is 3.14. The Bertz CT molecular complexity index is 804. The van der Waals surface area contributed by atoms with Gasteiger partial charge in [0, 0.05) is 39.5 Å². The topological polar surface area (TPSA) is 99.2 Å². The van der Waals surface area contributed by atoms with E-state index >= 15 is 0 Å². The summed E-state index contributed by atoms with van der Waals surface area (Å²) in [4.78, 5) is 25.9. The molecule has 3 rings (SSSR count). The zero-order chi connectivity index (χ0) is 18.7. The second kappa shape index (κ2) is 7.85. The van der Waals surface area contributed by atoms with E-state index in [1.165, 1.54) is 16.3 Å². The normalized spacial score (nSPS) is 21.7. The number of amides is 2. The Labute approximate surface area is 156 Å².